The Bertz CT molecular complexity index is 611. The van der Waals surface area contributed by atoms with Crippen molar-refractivity contribution in [3.63, 3.8) is 0 Å². The topological polar surface area (TPSA) is 61.6 Å². The van der Waals surface area contributed by atoms with E-state index in [1.165, 1.54) is 0 Å². The van der Waals surface area contributed by atoms with Crippen LogP contribution in [0.15, 0.2) is 28.9 Å². The van der Waals surface area contributed by atoms with Crippen molar-refractivity contribution in [1.29, 1.82) is 5.26 Å². The molecule has 0 amide bonds. The van der Waals surface area contributed by atoms with Crippen molar-refractivity contribution < 1.29 is 0 Å². The molecule has 0 atom stereocenters. The molecule has 5 heteroatoms. The lowest BCUT2D eigenvalue weighted by molar-refractivity contribution is 1.04. The second kappa shape index (κ2) is 5.15. The maximum Gasteiger partial charge on any atom is 0.135 e. The molecule has 18 heavy (non-hydrogen) atoms. The summed E-state index contributed by atoms with van der Waals surface area (Å²) in [6.07, 6.45) is 0. The first-order valence-corrected chi connectivity index (χ1v) is 6.17. The lowest BCUT2D eigenvalue weighted by Gasteiger charge is -2.09. The molecule has 1 heterocycles. The van der Waals surface area contributed by atoms with E-state index in [2.05, 4.69) is 37.3 Å². The number of rotatable bonds is 2. The quantitative estimate of drug-likeness (QED) is 0.863. The molecule has 2 rings (SSSR count). The zero-order chi connectivity index (χ0) is 13.1. The number of hydrogen-bond donors (Lipinski definition) is 1. The molecule has 1 N–H and O–H groups in total. The summed E-state index contributed by atoms with van der Waals surface area (Å²) in [5.41, 5.74) is 2.55. The zero-order valence-electron chi connectivity index (χ0n) is 10.0. The Balaban J connectivity index is 2.36. The molecule has 0 spiro atoms. The molecule has 1 aromatic carbocycles. The van der Waals surface area contributed by atoms with E-state index >= 15 is 0 Å². The molecule has 0 radical (unpaired) electrons. The third kappa shape index (κ3) is 2.84. The van der Waals surface area contributed by atoms with Gasteiger partial charge in [0.2, 0.25) is 0 Å². The van der Waals surface area contributed by atoms with Gasteiger partial charge in [0.05, 0.1) is 11.6 Å². The Hall–Kier alpha value is -1.93. The van der Waals surface area contributed by atoms with Crippen molar-refractivity contribution in [3.8, 4) is 6.07 Å². The predicted octanol–water partition coefficient (Wildman–Crippen LogP) is 3.47. The average Bonchev–Trinajstić information content (AvgIpc) is 2.30. The fourth-order valence-corrected chi connectivity index (χ4v) is 2.03. The Labute approximate surface area is 114 Å². The molecule has 0 saturated carbocycles. The van der Waals surface area contributed by atoms with Crippen molar-refractivity contribution in [2.45, 2.75) is 13.8 Å². The van der Waals surface area contributed by atoms with Gasteiger partial charge < -0.3 is 5.32 Å². The largest absolute Gasteiger partial charge is 0.340 e. The van der Waals surface area contributed by atoms with Crippen molar-refractivity contribution >= 4 is 27.4 Å². The van der Waals surface area contributed by atoms with Crippen LogP contribution in [-0.2, 0) is 0 Å². The number of aromatic nitrogens is 2. The van der Waals surface area contributed by atoms with Crippen molar-refractivity contribution in [2.24, 2.45) is 0 Å². The summed E-state index contributed by atoms with van der Waals surface area (Å²) in [6, 6.07) is 9.42. The Morgan fingerprint density at radius 1 is 1.22 bits per heavy atom. The van der Waals surface area contributed by atoms with Crippen molar-refractivity contribution in [2.75, 3.05) is 5.32 Å². The minimum absolute atomic E-state index is 0.618. The molecule has 0 aliphatic heterocycles. The summed E-state index contributed by atoms with van der Waals surface area (Å²) in [7, 11) is 0. The van der Waals surface area contributed by atoms with E-state index in [0.717, 1.165) is 15.9 Å². The van der Waals surface area contributed by atoms with Gasteiger partial charge in [0.1, 0.15) is 16.2 Å². The number of halogens is 1. The molecule has 0 aliphatic carbocycles. The second-order valence-electron chi connectivity index (χ2n) is 3.89. The van der Waals surface area contributed by atoms with Gasteiger partial charge in [0.15, 0.2) is 0 Å². The normalized spacial score (nSPS) is 9.89. The van der Waals surface area contributed by atoms with Gasteiger partial charge in [0, 0.05) is 11.8 Å². The monoisotopic (exact) mass is 302 g/mol. The van der Waals surface area contributed by atoms with Crippen LogP contribution < -0.4 is 5.32 Å². The van der Waals surface area contributed by atoms with Crippen LogP contribution in [0.1, 0.15) is 17.0 Å². The van der Waals surface area contributed by atoms with Gasteiger partial charge in [-0.25, -0.2) is 9.97 Å². The van der Waals surface area contributed by atoms with E-state index in [0.29, 0.717) is 17.2 Å². The van der Waals surface area contributed by atoms with Crippen LogP contribution >= 0.6 is 15.9 Å². The fraction of sp³-hybridized carbons (Fsp3) is 0.154. The number of nitrogens with one attached hydrogen (secondary N) is 1. The number of aryl methyl sites for hydroxylation is 2. The molecule has 0 fully saturated rings. The van der Waals surface area contributed by atoms with E-state index in [9.17, 15) is 0 Å². The number of anilines is 2. The smallest absolute Gasteiger partial charge is 0.135 e. The van der Waals surface area contributed by atoms with Crippen LogP contribution in [-0.4, -0.2) is 9.97 Å². The minimum Gasteiger partial charge on any atom is -0.340 e. The Morgan fingerprint density at radius 2 is 2.00 bits per heavy atom. The Morgan fingerprint density at radius 3 is 2.67 bits per heavy atom. The third-order valence-electron chi connectivity index (χ3n) is 2.44. The summed E-state index contributed by atoms with van der Waals surface area (Å²) in [5.74, 6) is 1.38. The molecule has 0 aliphatic rings. The highest BCUT2D eigenvalue weighted by Crippen LogP contribution is 2.22. The molecule has 0 saturated heterocycles. The average molecular weight is 303 g/mol. The molecular formula is C13H11BrN4. The third-order valence-corrected chi connectivity index (χ3v) is 2.84. The minimum atomic E-state index is 0.618. The van der Waals surface area contributed by atoms with E-state index in [1.807, 2.05) is 19.9 Å². The first-order valence-electron chi connectivity index (χ1n) is 5.37. The fourth-order valence-electron chi connectivity index (χ4n) is 1.56. The molecule has 0 bridgehead atoms. The SMILES string of the molecule is Cc1nc(Br)cc(Nc2cc(C#N)ccc2C)n1. The van der Waals surface area contributed by atoms with Gasteiger partial charge >= 0.3 is 0 Å². The summed E-state index contributed by atoms with van der Waals surface area (Å²) < 4.78 is 0.728. The van der Waals surface area contributed by atoms with Crippen LogP contribution in [0, 0.1) is 25.2 Å². The van der Waals surface area contributed by atoms with Crippen molar-refractivity contribution in [3.05, 3.63) is 45.8 Å². The van der Waals surface area contributed by atoms with E-state index in [4.69, 9.17) is 5.26 Å². The molecule has 1 aromatic heterocycles. The van der Waals surface area contributed by atoms with Crippen LogP contribution in [0.3, 0.4) is 0 Å². The van der Waals surface area contributed by atoms with Crippen molar-refractivity contribution in [1.82, 2.24) is 9.97 Å². The van der Waals surface area contributed by atoms with Gasteiger partial charge in [-0.05, 0) is 47.5 Å². The standard InChI is InChI=1S/C13H11BrN4/c1-8-3-4-10(7-15)5-11(8)18-13-6-12(14)16-9(2)17-13/h3-6H,1-2H3,(H,16,17,18). The van der Waals surface area contributed by atoms with E-state index in [1.54, 1.807) is 18.2 Å². The molecular weight excluding hydrogens is 292 g/mol. The lowest BCUT2D eigenvalue weighted by Crippen LogP contribution is -1.99. The van der Waals surface area contributed by atoms with Crippen LogP contribution in [0.2, 0.25) is 0 Å². The number of nitrogens with zero attached hydrogens (tertiary/aromatic N) is 3. The van der Waals surface area contributed by atoms with Crippen LogP contribution in [0.4, 0.5) is 11.5 Å². The summed E-state index contributed by atoms with van der Waals surface area (Å²) in [6.45, 7) is 3.81. The molecule has 90 valence electrons. The van der Waals surface area contributed by atoms with Gasteiger partial charge in [-0.1, -0.05) is 6.07 Å². The number of hydrogen-bond acceptors (Lipinski definition) is 4. The highest BCUT2D eigenvalue weighted by atomic mass is 79.9. The summed E-state index contributed by atoms with van der Waals surface area (Å²) in [5, 5.41) is 12.1. The lowest BCUT2D eigenvalue weighted by atomic mass is 10.1. The molecule has 2 aromatic rings. The van der Waals surface area contributed by atoms with Crippen LogP contribution in [0.5, 0.6) is 0 Å². The maximum atomic E-state index is 8.90. The van der Waals surface area contributed by atoms with Crippen LogP contribution in [0.25, 0.3) is 0 Å². The Kier molecular flexibility index (Phi) is 3.58. The van der Waals surface area contributed by atoms with Gasteiger partial charge in [-0.3, -0.25) is 0 Å². The number of benzene rings is 1. The summed E-state index contributed by atoms with van der Waals surface area (Å²) >= 11 is 3.33. The van der Waals surface area contributed by atoms with Gasteiger partial charge in [0.25, 0.3) is 0 Å². The predicted molar refractivity (Wildman–Crippen MR) is 73.6 cm³/mol. The van der Waals surface area contributed by atoms with E-state index < -0.39 is 0 Å². The number of nitriles is 1. The van der Waals surface area contributed by atoms with Gasteiger partial charge in [-0.15, -0.1) is 0 Å². The van der Waals surface area contributed by atoms with E-state index in [-0.39, 0.29) is 0 Å². The second-order valence-corrected chi connectivity index (χ2v) is 4.70. The highest BCUT2D eigenvalue weighted by molar-refractivity contribution is 9.10. The molecule has 0 unspecified atom stereocenters. The molecule has 4 nitrogen and oxygen atoms in total. The maximum absolute atomic E-state index is 8.90. The first kappa shape index (κ1) is 12.5. The first-order chi connectivity index (χ1) is 8.58. The van der Waals surface area contributed by atoms with Gasteiger partial charge in [-0.2, -0.15) is 5.26 Å². The zero-order valence-corrected chi connectivity index (χ0v) is 11.6. The highest BCUT2D eigenvalue weighted by Gasteiger charge is 2.04. The summed E-state index contributed by atoms with van der Waals surface area (Å²) in [4.78, 5) is 8.44.